The number of sulfonamides is 1. The largest absolute Gasteiger partial charge is 0.497 e. The molecule has 0 aliphatic rings. The van der Waals surface area contributed by atoms with Crippen LogP contribution in [-0.4, -0.2) is 28.0 Å². The second kappa shape index (κ2) is 10.2. The first kappa shape index (κ1) is 22.5. The highest BCUT2D eigenvalue weighted by molar-refractivity contribution is 7.89. The Bertz CT molecular complexity index is 1120. The van der Waals surface area contributed by atoms with Gasteiger partial charge in [-0.1, -0.05) is 48.5 Å². The first-order valence-electron chi connectivity index (χ1n) is 9.72. The van der Waals surface area contributed by atoms with Crippen LogP contribution in [0.15, 0.2) is 83.8 Å². The number of hydrogen-bond donors (Lipinski definition) is 3. The lowest BCUT2D eigenvalue weighted by Crippen LogP contribution is -2.34. The topological polar surface area (TPSA) is 111 Å². The first-order valence-corrected chi connectivity index (χ1v) is 11.3. The Morgan fingerprint density at radius 3 is 2.35 bits per heavy atom. The summed E-state index contributed by atoms with van der Waals surface area (Å²) >= 11 is 0. The van der Waals surface area contributed by atoms with E-state index in [0.29, 0.717) is 24.4 Å². The van der Waals surface area contributed by atoms with E-state index in [4.69, 9.17) is 9.88 Å². The van der Waals surface area contributed by atoms with E-state index in [-0.39, 0.29) is 10.8 Å². The fourth-order valence-electron chi connectivity index (χ4n) is 3.13. The van der Waals surface area contributed by atoms with Gasteiger partial charge in [-0.25, -0.2) is 13.6 Å². The van der Waals surface area contributed by atoms with Crippen molar-refractivity contribution in [3.8, 4) is 5.75 Å². The SMILES string of the molecule is COc1cccc(NC(=O)[C@H](NCCc2ccc(S(N)(=O)=O)cc2)c2ccccc2)c1. The zero-order valence-corrected chi connectivity index (χ0v) is 17.9. The number of nitrogens with one attached hydrogen (secondary N) is 2. The Morgan fingerprint density at radius 2 is 1.71 bits per heavy atom. The number of anilines is 1. The summed E-state index contributed by atoms with van der Waals surface area (Å²) in [5.41, 5.74) is 2.41. The predicted molar refractivity (Wildman–Crippen MR) is 120 cm³/mol. The number of rotatable bonds is 9. The van der Waals surface area contributed by atoms with Crippen molar-refractivity contribution in [2.75, 3.05) is 19.0 Å². The summed E-state index contributed by atoms with van der Waals surface area (Å²) in [6.07, 6.45) is 0.612. The van der Waals surface area contributed by atoms with Crippen LogP contribution >= 0.6 is 0 Å². The van der Waals surface area contributed by atoms with Crippen molar-refractivity contribution >= 4 is 21.6 Å². The third-order valence-corrected chi connectivity index (χ3v) is 5.68. The monoisotopic (exact) mass is 439 g/mol. The molecular formula is C23H25N3O4S. The van der Waals surface area contributed by atoms with Crippen LogP contribution in [0, 0.1) is 0 Å². The lowest BCUT2D eigenvalue weighted by Gasteiger charge is -2.19. The minimum absolute atomic E-state index is 0.0732. The van der Waals surface area contributed by atoms with Gasteiger partial charge in [-0.3, -0.25) is 4.79 Å². The van der Waals surface area contributed by atoms with E-state index < -0.39 is 16.1 Å². The van der Waals surface area contributed by atoms with Crippen LogP contribution in [0.1, 0.15) is 17.2 Å². The maximum Gasteiger partial charge on any atom is 0.246 e. The van der Waals surface area contributed by atoms with Crippen molar-refractivity contribution in [2.45, 2.75) is 17.4 Å². The van der Waals surface area contributed by atoms with Gasteiger partial charge in [-0.05, 0) is 41.8 Å². The van der Waals surface area contributed by atoms with Crippen molar-refractivity contribution < 1.29 is 17.9 Å². The number of ether oxygens (including phenoxy) is 1. The minimum Gasteiger partial charge on any atom is -0.497 e. The molecule has 0 aliphatic carbocycles. The molecule has 1 atom stereocenters. The molecule has 3 aromatic rings. The lowest BCUT2D eigenvalue weighted by atomic mass is 10.1. The van der Waals surface area contributed by atoms with Crippen molar-refractivity contribution in [2.24, 2.45) is 5.14 Å². The summed E-state index contributed by atoms with van der Waals surface area (Å²) < 4.78 is 28.0. The molecule has 31 heavy (non-hydrogen) atoms. The molecule has 0 bridgehead atoms. The molecule has 0 saturated carbocycles. The molecular weight excluding hydrogens is 414 g/mol. The number of methoxy groups -OCH3 is 1. The summed E-state index contributed by atoms with van der Waals surface area (Å²) in [5.74, 6) is 0.467. The van der Waals surface area contributed by atoms with Crippen molar-refractivity contribution in [3.05, 3.63) is 90.0 Å². The van der Waals surface area contributed by atoms with Gasteiger partial charge in [0.15, 0.2) is 0 Å². The smallest absolute Gasteiger partial charge is 0.246 e. The molecule has 162 valence electrons. The molecule has 3 rings (SSSR count). The zero-order valence-electron chi connectivity index (χ0n) is 17.1. The molecule has 0 saturated heterocycles. The van der Waals surface area contributed by atoms with Crippen LogP contribution in [0.4, 0.5) is 5.69 Å². The molecule has 3 aromatic carbocycles. The van der Waals surface area contributed by atoms with E-state index in [9.17, 15) is 13.2 Å². The Hall–Kier alpha value is -3.20. The summed E-state index contributed by atoms with van der Waals surface area (Å²) in [4.78, 5) is 13.1. The van der Waals surface area contributed by atoms with E-state index in [1.807, 2.05) is 42.5 Å². The van der Waals surface area contributed by atoms with Gasteiger partial charge in [0, 0.05) is 18.3 Å². The number of carbonyl (C=O) groups is 1. The summed E-state index contributed by atoms with van der Waals surface area (Å²) in [7, 11) is -2.14. The molecule has 0 unspecified atom stereocenters. The summed E-state index contributed by atoms with van der Waals surface area (Å²) in [5, 5.41) is 11.4. The number of nitrogens with two attached hydrogens (primary N) is 1. The number of benzene rings is 3. The van der Waals surface area contributed by atoms with Gasteiger partial charge in [0.2, 0.25) is 15.9 Å². The van der Waals surface area contributed by atoms with Gasteiger partial charge < -0.3 is 15.4 Å². The second-order valence-corrected chi connectivity index (χ2v) is 8.52. The Labute approximate surface area is 182 Å². The number of amides is 1. The molecule has 0 spiro atoms. The highest BCUT2D eigenvalue weighted by Gasteiger charge is 2.20. The highest BCUT2D eigenvalue weighted by atomic mass is 32.2. The van der Waals surface area contributed by atoms with Crippen LogP contribution in [0.25, 0.3) is 0 Å². The summed E-state index contributed by atoms with van der Waals surface area (Å²) in [6, 6.07) is 22.5. The average molecular weight is 440 g/mol. The molecule has 7 nitrogen and oxygen atoms in total. The number of carbonyl (C=O) groups excluding carboxylic acids is 1. The maximum atomic E-state index is 13.0. The van der Waals surface area contributed by atoms with Crippen LogP contribution < -0.4 is 20.5 Å². The van der Waals surface area contributed by atoms with E-state index >= 15 is 0 Å². The Kier molecular flexibility index (Phi) is 7.41. The predicted octanol–water partition coefficient (Wildman–Crippen LogP) is 2.85. The van der Waals surface area contributed by atoms with Gasteiger partial charge in [0.1, 0.15) is 11.8 Å². The molecule has 0 radical (unpaired) electrons. The zero-order chi connectivity index (χ0) is 22.3. The Balaban J connectivity index is 1.68. The molecule has 0 heterocycles. The number of hydrogen-bond acceptors (Lipinski definition) is 5. The fourth-order valence-corrected chi connectivity index (χ4v) is 3.64. The molecule has 0 aromatic heterocycles. The van der Waals surface area contributed by atoms with E-state index in [2.05, 4.69) is 10.6 Å². The molecule has 0 fully saturated rings. The van der Waals surface area contributed by atoms with Crippen LogP contribution in [0.5, 0.6) is 5.75 Å². The lowest BCUT2D eigenvalue weighted by molar-refractivity contribution is -0.118. The van der Waals surface area contributed by atoms with Gasteiger partial charge >= 0.3 is 0 Å². The van der Waals surface area contributed by atoms with E-state index in [0.717, 1.165) is 11.1 Å². The quantitative estimate of drug-likeness (QED) is 0.475. The van der Waals surface area contributed by atoms with Crippen molar-refractivity contribution in [1.82, 2.24) is 5.32 Å². The second-order valence-electron chi connectivity index (χ2n) is 6.96. The third-order valence-electron chi connectivity index (χ3n) is 4.75. The average Bonchev–Trinajstić information content (AvgIpc) is 2.77. The van der Waals surface area contributed by atoms with Gasteiger partial charge in [-0.2, -0.15) is 0 Å². The van der Waals surface area contributed by atoms with Crippen LogP contribution in [-0.2, 0) is 21.2 Å². The maximum absolute atomic E-state index is 13.0. The van der Waals surface area contributed by atoms with Crippen molar-refractivity contribution in [3.63, 3.8) is 0 Å². The number of primary sulfonamides is 1. The van der Waals surface area contributed by atoms with Gasteiger partial charge in [-0.15, -0.1) is 0 Å². The minimum atomic E-state index is -3.71. The van der Waals surface area contributed by atoms with Crippen LogP contribution in [0.3, 0.4) is 0 Å². The van der Waals surface area contributed by atoms with E-state index in [1.165, 1.54) is 12.1 Å². The summed E-state index contributed by atoms with van der Waals surface area (Å²) in [6.45, 7) is 0.514. The Morgan fingerprint density at radius 1 is 1.00 bits per heavy atom. The highest BCUT2D eigenvalue weighted by Crippen LogP contribution is 2.20. The third kappa shape index (κ3) is 6.39. The standard InChI is InChI=1S/C23H25N3O4S/c1-30-20-9-5-8-19(16-20)26-23(27)22(18-6-3-2-4-7-18)25-15-14-17-10-12-21(13-11-17)31(24,28)29/h2-13,16,22,25H,14-15H2,1H3,(H,26,27)(H2,24,28,29)/t22-/m1/s1. The van der Waals surface area contributed by atoms with Crippen LogP contribution in [0.2, 0.25) is 0 Å². The molecule has 8 heteroatoms. The van der Waals surface area contributed by atoms with Gasteiger partial charge in [0.05, 0.1) is 12.0 Å². The van der Waals surface area contributed by atoms with Crippen molar-refractivity contribution in [1.29, 1.82) is 0 Å². The normalized spacial score (nSPS) is 12.2. The molecule has 1 amide bonds. The van der Waals surface area contributed by atoms with E-state index in [1.54, 1.807) is 31.4 Å². The fraction of sp³-hybridized carbons (Fsp3) is 0.174. The first-order chi connectivity index (χ1) is 14.9. The van der Waals surface area contributed by atoms with Gasteiger partial charge in [0.25, 0.3) is 0 Å². The molecule has 0 aliphatic heterocycles. The molecule has 4 N–H and O–H groups in total.